The van der Waals surface area contributed by atoms with Crippen LogP contribution in [0.1, 0.15) is 115 Å². The number of phenolic OH excluding ortho intramolecular Hbond substituents is 1. The molecular weight excluding hydrogens is 1410 g/mol. The maximum absolute atomic E-state index is 15.1. The summed E-state index contributed by atoms with van der Waals surface area (Å²) in [4.78, 5) is 212. The van der Waals surface area contributed by atoms with Gasteiger partial charge in [0, 0.05) is 79.7 Å². The van der Waals surface area contributed by atoms with Crippen LogP contribution in [0.25, 0.3) is 10.9 Å². The maximum atomic E-state index is 15.1. The number of guanidine groups is 1. The number of rotatable bonds is 43. The number of aromatic hydroxyl groups is 1. The van der Waals surface area contributed by atoms with Crippen molar-refractivity contribution in [3.63, 3.8) is 0 Å². The lowest BCUT2D eigenvalue weighted by Crippen LogP contribution is -2.61. The fourth-order valence-corrected chi connectivity index (χ4v) is 12.1. The second-order valence-corrected chi connectivity index (χ2v) is 27.6. The third kappa shape index (κ3) is 26.9. The number of aliphatic carboxylic acids is 2. The molecule has 1 saturated heterocycles. The molecule has 0 unspecified atom stereocenters. The lowest BCUT2D eigenvalue weighted by atomic mass is 9.99. The average Bonchev–Trinajstić information content (AvgIpc) is 1.65. The lowest BCUT2D eigenvalue weighted by Gasteiger charge is -2.31. The van der Waals surface area contributed by atoms with Crippen LogP contribution in [0.4, 0.5) is 0 Å². The molecule has 2 aromatic carbocycles. The van der Waals surface area contributed by atoms with E-state index < -0.39 is 181 Å². The van der Waals surface area contributed by atoms with Gasteiger partial charge in [-0.15, -0.1) is 0 Å². The first-order valence-corrected chi connectivity index (χ1v) is 35.3. The zero-order valence-electron chi connectivity index (χ0n) is 60.8. The number of imidazole rings is 2. The molecule has 0 bridgehead atoms. The summed E-state index contributed by atoms with van der Waals surface area (Å²) in [6, 6.07) is -3.79. The van der Waals surface area contributed by atoms with Gasteiger partial charge in [0.15, 0.2) is 5.96 Å². The van der Waals surface area contributed by atoms with E-state index in [0.29, 0.717) is 33.4 Å². The first-order valence-electron chi connectivity index (χ1n) is 35.3. The number of aromatic amines is 3. The van der Waals surface area contributed by atoms with E-state index in [-0.39, 0.29) is 94.9 Å². The van der Waals surface area contributed by atoms with Crippen LogP contribution in [0.3, 0.4) is 0 Å². The number of nitrogens with one attached hydrogen (secondary N) is 15. The summed E-state index contributed by atoms with van der Waals surface area (Å²) in [7, 11) is 0. The molecule has 6 rings (SSSR count). The Morgan fingerprint density at radius 3 is 1.71 bits per heavy atom. The van der Waals surface area contributed by atoms with Gasteiger partial charge in [0.2, 0.25) is 70.9 Å². The molecule has 0 saturated carbocycles. The molecule has 0 radical (unpaired) electrons. The Morgan fingerprint density at radius 1 is 0.583 bits per heavy atom. The number of H-pyrrole nitrogens is 3. The Morgan fingerprint density at radius 2 is 1.14 bits per heavy atom. The minimum atomic E-state index is -1.79. The van der Waals surface area contributed by atoms with Gasteiger partial charge in [-0.3, -0.25) is 67.7 Å². The number of aromatic nitrogens is 5. The first kappa shape index (κ1) is 84.9. The summed E-state index contributed by atoms with van der Waals surface area (Å²) in [5.74, 6) is -15.8. The van der Waals surface area contributed by atoms with Gasteiger partial charge in [-0.25, -0.2) is 14.8 Å². The van der Waals surface area contributed by atoms with Gasteiger partial charge in [0.25, 0.3) is 0 Å². The first-order chi connectivity index (χ1) is 51.2. The highest BCUT2D eigenvalue weighted by Crippen LogP contribution is 2.23. The number of benzene rings is 2. The van der Waals surface area contributed by atoms with Crippen molar-refractivity contribution in [1.82, 2.24) is 88.3 Å². The van der Waals surface area contributed by atoms with Crippen LogP contribution in [-0.2, 0) is 92.8 Å². The number of nitrogens with two attached hydrogens (primary N) is 3. The van der Waals surface area contributed by atoms with Gasteiger partial charge in [-0.05, 0) is 85.6 Å². The van der Waals surface area contributed by atoms with Crippen LogP contribution >= 0.6 is 0 Å². The second kappa shape index (κ2) is 41.1. The van der Waals surface area contributed by atoms with Gasteiger partial charge in [-0.2, -0.15) is 0 Å². The quantitative estimate of drug-likeness (QED) is 0.0104. The summed E-state index contributed by atoms with van der Waals surface area (Å²) in [5, 5.41) is 66.3. The van der Waals surface area contributed by atoms with E-state index in [1.54, 1.807) is 58.2 Å². The van der Waals surface area contributed by atoms with Crippen molar-refractivity contribution in [2.24, 2.45) is 35.0 Å². The van der Waals surface area contributed by atoms with Gasteiger partial charge < -0.3 is 111 Å². The highest BCUT2D eigenvalue weighted by molar-refractivity contribution is 6.01. The minimum Gasteiger partial charge on any atom is -0.508 e. The summed E-state index contributed by atoms with van der Waals surface area (Å²) in [5.41, 5.74) is 19.5. The highest BCUT2D eigenvalue weighted by Gasteiger charge is 2.42. The molecule has 38 nitrogen and oxygen atoms in total. The van der Waals surface area contributed by atoms with Crippen molar-refractivity contribution in [3.05, 3.63) is 102 Å². The Kier molecular flexibility index (Phi) is 32.3. The molecule has 1 aliphatic rings. The van der Waals surface area contributed by atoms with Crippen molar-refractivity contribution in [1.29, 1.82) is 5.41 Å². The molecule has 24 N–H and O–H groups in total. The predicted octanol–water partition coefficient (Wildman–Crippen LogP) is -3.17. The molecule has 586 valence electrons. The van der Waals surface area contributed by atoms with Crippen molar-refractivity contribution in [3.8, 4) is 5.75 Å². The van der Waals surface area contributed by atoms with E-state index in [1.165, 1.54) is 49.3 Å². The van der Waals surface area contributed by atoms with Crippen LogP contribution in [0.2, 0.25) is 0 Å². The van der Waals surface area contributed by atoms with E-state index >= 15 is 4.79 Å². The van der Waals surface area contributed by atoms with E-state index in [4.69, 9.17) is 22.6 Å². The largest absolute Gasteiger partial charge is 0.508 e. The molecular formula is C70H99N21O17. The van der Waals surface area contributed by atoms with E-state index in [0.717, 1.165) is 4.90 Å². The van der Waals surface area contributed by atoms with Crippen molar-refractivity contribution in [2.75, 3.05) is 19.6 Å². The molecule has 12 amide bonds. The Hall–Kier alpha value is -12.0. The SMILES string of the molecule is CC(C)C[C@H](NC(=O)[C@H](Cc1c[nH]c2ccccc12)NC(=O)[C@H](CCCNC(=N)N)NC(=O)CNC(=O)[C@H](CC(=O)O)NC(=O)[C@@H](NC(=O)[C@@H](N)CC(C)C)C(C)C)C(=O)N[C@@H](Cc1ccc(O)cc1)C(=O)N[C@@H](CC(N)=O)C(=O)N1CCC[C@H]1C(=O)N[C@@H](Cc1cnc[nH]1)C(=O)N[C@@H](Cc1cnc[nH]1)C(=O)O. The standard InChI is InChI=1S/C70H99N21O17/c1-35(2)21-44(71)59(97)90-58(37(5)6)67(105)87-51(28-57(95)96)60(98)79-32-56(94)82-46(13-9-19-77-70(73)74)61(99)85-49(24-39-29-78-45-12-8-7-11-43(39)45)64(102)83-47(22-36(3)4)62(100)84-48(23-38-15-17-42(92)18-16-38)63(101)88-52(27-55(72)93)68(106)91-20-10-14-54(91)66(104)86-50(25-40-30-75-33-80-40)65(103)89-53(69(107)108)26-41-31-76-34-81-41/h7-8,11-12,15-18,29-31,33-37,44,46-54,58,78,92H,9-10,13-14,19-28,32,71H2,1-6H3,(H2,72,93)(H,75,80)(H,76,81)(H,79,98)(H,82,94)(H,83,102)(H,84,100)(H,85,99)(H,86,104)(H,87,105)(H,88,101)(H,89,103)(H,90,97)(H,95,96)(H,107,108)(H4,73,74,77)/t44-,46-,47-,48-,49-,50-,51-,52-,53-,54-,58-/m0/s1. The fraction of sp³-hybridized carbons (Fsp3) is 0.500. The number of amides is 12. The van der Waals surface area contributed by atoms with Crippen LogP contribution in [-0.4, -0.2) is 220 Å². The lowest BCUT2D eigenvalue weighted by molar-refractivity contribution is -0.144. The number of carboxylic acid groups (broad SMARTS) is 2. The third-order valence-electron chi connectivity index (χ3n) is 17.5. The summed E-state index contributed by atoms with van der Waals surface area (Å²) < 4.78 is 0. The number of phenols is 1. The maximum Gasteiger partial charge on any atom is 0.326 e. The van der Waals surface area contributed by atoms with Gasteiger partial charge >= 0.3 is 11.9 Å². The molecule has 1 aliphatic heterocycles. The van der Waals surface area contributed by atoms with Gasteiger partial charge in [0.05, 0.1) is 38.1 Å². The number of nitrogens with zero attached hydrogens (tertiary/aromatic N) is 3. The molecule has 0 aliphatic carbocycles. The zero-order valence-corrected chi connectivity index (χ0v) is 60.8. The number of hydrogen-bond acceptors (Lipinski definition) is 19. The summed E-state index contributed by atoms with van der Waals surface area (Å²) in [6.07, 6.45) is 4.51. The fourth-order valence-electron chi connectivity index (χ4n) is 12.1. The van der Waals surface area contributed by atoms with Crippen molar-refractivity contribution in [2.45, 2.75) is 185 Å². The molecule has 3 aromatic heterocycles. The number of primary amides is 1. The Bertz CT molecular complexity index is 3960. The smallest absolute Gasteiger partial charge is 0.326 e. The van der Waals surface area contributed by atoms with Crippen LogP contribution in [0, 0.1) is 23.2 Å². The molecule has 4 heterocycles. The molecule has 11 atom stereocenters. The summed E-state index contributed by atoms with van der Waals surface area (Å²) in [6.45, 7) is 9.38. The third-order valence-corrected chi connectivity index (χ3v) is 17.5. The monoisotopic (exact) mass is 1510 g/mol. The second-order valence-electron chi connectivity index (χ2n) is 27.6. The number of fused-ring (bicyclic) bond motifs is 1. The number of carboxylic acids is 2. The topological polar surface area (TPSA) is 610 Å². The van der Waals surface area contributed by atoms with Crippen LogP contribution in [0.5, 0.6) is 5.75 Å². The van der Waals surface area contributed by atoms with Crippen LogP contribution < -0.4 is 75.7 Å². The number of likely N-dealkylation sites (tertiary alicyclic amines) is 1. The Labute approximate surface area is 621 Å². The number of carbonyl (C=O) groups is 14. The van der Waals surface area contributed by atoms with E-state index in [9.17, 15) is 77.6 Å². The van der Waals surface area contributed by atoms with E-state index in [1.807, 2.05) is 13.8 Å². The van der Waals surface area contributed by atoms with Crippen molar-refractivity contribution < 1.29 is 82.4 Å². The number of para-hydroxylation sites is 1. The van der Waals surface area contributed by atoms with Gasteiger partial charge in [-0.1, -0.05) is 71.9 Å². The Balaban J connectivity index is 1.24. The van der Waals surface area contributed by atoms with E-state index in [2.05, 4.69) is 83.4 Å². The average molecular weight is 1510 g/mol. The number of hydrogen-bond donors (Lipinski definition) is 21. The molecule has 108 heavy (non-hydrogen) atoms. The highest BCUT2D eigenvalue weighted by atomic mass is 16.4. The summed E-state index contributed by atoms with van der Waals surface area (Å²) >= 11 is 0. The predicted molar refractivity (Wildman–Crippen MR) is 388 cm³/mol. The van der Waals surface area contributed by atoms with Crippen LogP contribution in [0.15, 0.2) is 79.8 Å². The molecule has 5 aromatic rings. The normalized spacial score (nSPS) is 15.5. The molecule has 1 fully saturated rings. The van der Waals surface area contributed by atoms with Gasteiger partial charge in [0.1, 0.15) is 66.2 Å². The zero-order chi connectivity index (χ0) is 79.5. The molecule has 38 heteroatoms. The van der Waals surface area contributed by atoms with Crippen molar-refractivity contribution >= 4 is 99.7 Å². The number of carbonyl (C=O) groups excluding carboxylic acids is 12. The molecule has 0 spiro atoms. The minimum absolute atomic E-state index is 0.00707.